The Morgan fingerprint density at radius 1 is 1.25 bits per heavy atom. The summed E-state index contributed by atoms with van der Waals surface area (Å²) in [4.78, 5) is 10.9. The van der Waals surface area contributed by atoms with Crippen LogP contribution in [0.4, 0.5) is 13.2 Å². The molecule has 0 radical (unpaired) electrons. The number of halogens is 3. The van der Waals surface area contributed by atoms with Gasteiger partial charge < -0.3 is 4.74 Å². The van der Waals surface area contributed by atoms with Gasteiger partial charge in [0.1, 0.15) is 5.82 Å². The van der Waals surface area contributed by atoms with Crippen LogP contribution in [-0.4, -0.2) is 12.6 Å². The van der Waals surface area contributed by atoms with E-state index in [0.29, 0.717) is 12.1 Å². The Bertz CT molecular complexity index is 427. The van der Waals surface area contributed by atoms with Gasteiger partial charge in [-0.2, -0.15) is 0 Å². The second-order valence-electron chi connectivity index (χ2n) is 2.87. The van der Waals surface area contributed by atoms with Gasteiger partial charge in [-0.05, 0) is 19.1 Å². The van der Waals surface area contributed by atoms with Gasteiger partial charge in [0.25, 0.3) is 0 Å². The average Bonchev–Trinajstić information content (AvgIpc) is 2.22. The Kier molecular flexibility index (Phi) is 4.10. The predicted octanol–water partition coefficient (Wildman–Crippen LogP) is 2.68. The summed E-state index contributed by atoms with van der Waals surface area (Å²) in [6.45, 7) is 1.80. The first-order valence-electron chi connectivity index (χ1n) is 4.54. The monoisotopic (exact) mass is 230 g/mol. The first kappa shape index (κ1) is 12.3. The van der Waals surface area contributed by atoms with Gasteiger partial charge in [0, 0.05) is 17.7 Å². The maximum atomic E-state index is 13.1. The Morgan fingerprint density at radius 3 is 2.50 bits per heavy atom. The summed E-state index contributed by atoms with van der Waals surface area (Å²) >= 11 is 0. The van der Waals surface area contributed by atoms with Crippen molar-refractivity contribution in [2.24, 2.45) is 0 Å². The number of benzene rings is 1. The minimum absolute atomic E-state index is 0.184. The maximum absolute atomic E-state index is 13.1. The van der Waals surface area contributed by atoms with Gasteiger partial charge in [-0.1, -0.05) is 0 Å². The minimum Gasteiger partial charge on any atom is -0.463 e. The third-order valence-electron chi connectivity index (χ3n) is 1.73. The third kappa shape index (κ3) is 3.12. The molecule has 0 amide bonds. The van der Waals surface area contributed by atoms with Crippen LogP contribution >= 0.6 is 0 Å². The fourth-order valence-corrected chi connectivity index (χ4v) is 1.01. The quantitative estimate of drug-likeness (QED) is 0.453. The number of carbonyl (C=O) groups is 1. The van der Waals surface area contributed by atoms with E-state index in [1.54, 1.807) is 6.92 Å². The molecule has 0 atom stereocenters. The minimum atomic E-state index is -1.27. The number of ether oxygens (including phenoxy) is 1. The standard InChI is InChI=1S/C11H9F3O2/c1-2-16-11(15)4-3-7-5-9(13)10(14)6-8(7)12/h3-6H,2H2,1H3. The number of hydrogen-bond acceptors (Lipinski definition) is 2. The number of rotatable bonds is 3. The zero-order valence-electron chi connectivity index (χ0n) is 8.47. The van der Waals surface area contributed by atoms with Gasteiger partial charge in [-0.3, -0.25) is 0 Å². The van der Waals surface area contributed by atoms with Crippen LogP contribution < -0.4 is 0 Å². The summed E-state index contributed by atoms with van der Waals surface area (Å²) in [5.41, 5.74) is -0.216. The van der Waals surface area contributed by atoms with E-state index in [1.807, 2.05) is 0 Å². The molecular weight excluding hydrogens is 221 g/mol. The normalized spacial score (nSPS) is 10.8. The largest absolute Gasteiger partial charge is 0.463 e. The molecule has 5 heteroatoms. The average molecular weight is 230 g/mol. The molecule has 0 bridgehead atoms. The van der Waals surface area contributed by atoms with Crippen LogP contribution in [0.25, 0.3) is 6.08 Å². The van der Waals surface area contributed by atoms with Crippen LogP contribution in [-0.2, 0) is 9.53 Å². The van der Waals surface area contributed by atoms with Gasteiger partial charge >= 0.3 is 5.97 Å². The van der Waals surface area contributed by atoms with Crippen molar-refractivity contribution in [1.82, 2.24) is 0 Å². The molecule has 2 nitrogen and oxygen atoms in total. The molecule has 1 aromatic carbocycles. The second kappa shape index (κ2) is 5.34. The lowest BCUT2D eigenvalue weighted by molar-refractivity contribution is -0.137. The van der Waals surface area contributed by atoms with Crippen molar-refractivity contribution in [3.8, 4) is 0 Å². The molecule has 0 spiro atoms. The molecule has 0 aliphatic carbocycles. The van der Waals surface area contributed by atoms with E-state index in [1.165, 1.54) is 0 Å². The van der Waals surface area contributed by atoms with E-state index < -0.39 is 23.4 Å². The molecule has 1 rings (SSSR count). The Hall–Kier alpha value is -1.78. The maximum Gasteiger partial charge on any atom is 0.330 e. The zero-order chi connectivity index (χ0) is 12.1. The molecule has 0 aliphatic rings. The van der Waals surface area contributed by atoms with E-state index >= 15 is 0 Å². The number of hydrogen-bond donors (Lipinski definition) is 0. The van der Waals surface area contributed by atoms with Crippen LogP contribution in [0.15, 0.2) is 18.2 Å². The summed E-state index contributed by atoms with van der Waals surface area (Å²) in [5.74, 6) is -4.07. The molecule has 0 unspecified atom stereocenters. The lowest BCUT2D eigenvalue weighted by Crippen LogP contribution is -1.99. The van der Waals surface area contributed by atoms with Crippen molar-refractivity contribution in [2.45, 2.75) is 6.92 Å². The van der Waals surface area contributed by atoms with Gasteiger partial charge in [0.05, 0.1) is 6.61 Å². The summed E-state index contributed by atoms with van der Waals surface area (Å²) in [6, 6.07) is 1.08. The summed E-state index contributed by atoms with van der Waals surface area (Å²) in [7, 11) is 0. The fourth-order valence-electron chi connectivity index (χ4n) is 1.01. The fraction of sp³-hybridized carbons (Fsp3) is 0.182. The zero-order valence-corrected chi connectivity index (χ0v) is 8.47. The van der Waals surface area contributed by atoms with Crippen molar-refractivity contribution < 1.29 is 22.7 Å². The number of esters is 1. The van der Waals surface area contributed by atoms with Crippen LogP contribution in [0, 0.1) is 17.5 Å². The van der Waals surface area contributed by atoms with E-state index in [2.05, 4.69) is 4.74 Å². The smallest absolute Gasteiger partial charge is 0.330 e. The number of carbonyl (C=O) groups excluding carboxylic acids is 1. The van der Waals surface area contributed by atoms with Gasteiger partial charge in [0.2, 0.25) is 0 Å². The highest BCUT2D eigenvalue weighted by Crippen LogP contribution is 2.14. The molecule has 0 N–H and O–H groups in total. The van der Waals surface area contributed by atoms with Crippen LogP contribution in [0.3, 0.4) is 0 Å². The molecule has 1 aromatic rings. The Labute approximate surface area is 90.3 Å². The van der Waals surface area contributed by atoms with E-state index in [0.717, 1.165) is 12.2 Å². The molecule has 0 aliphatic heterocycles. The van der Waals surface area contributed by atoms with E-state index in [4.69, 9.17) is 0 Å². The molecule has 0 fully saturated rings. The van der Waals surface area contributed by atoms with E-state index in [-0.39, 0.29) is 12.2 Å². The highest BCUT2D eigenvalue weighted by molar-refractivity contribution is 5.87. The molecule has 0 heterocycles. The molecular formula is C11H9F3O2. The molecule has 0 saturated heterocycles. The second-order valence-corrected chi connectivity index (χ2v) is 2.87. The summed E-state index contributed by atoms with van der Waals surface area (Å²) in [5, 5.41) is 0. The third-order valence-corrected chi connectivity index (χ3v) is 1.73. The Morgan fingerprint density at radius 2 is 1.88 bits per heavy atom. The van der Waals surface area contributed by atoms with Crippen LogP contribution in [0.5, 0.6) is 0 Å². The van der Waals surface area contributed by atoms with Crippen molar-refractivity contribution in [3.05, 3.63) is 41.2 Å². The predicted molar refractivity (Wildman–Crippen MR) is 52.0 cm³/mol. The van der Waals surface area contributed by atoms with Crippen LogP contribution in [0.2, 0.25) is 0 Å². The highest BCUT2D eigenvalue weighted by atomic mass is 19.2. The lowest BCUT2D eigenvalue weighted by atomic mass is 10.2. The van der Waals surface area contributed by atoms with Crippen LogP contribution in [0.1, 0.15) is 12.5 Å². The van der Waals surface area contributed by atoms with Crippen molar-refractivity contribution in [3.63, 3.8) is 0 Å². The molecule has 0 saturated carbocycles. The molecule has 86 valence electrons. The first-order chi connectivity index (χ1) is 7.54. The lowest BCUT2D eigenvalue weighted by Gasteiger charge is -1.99. The molecule has 16 heavy (non-hydrogen) atoms. The topological polar surface area (TPSA) is 26.3 Å². The van der Waals surface area contributed by atoms with Gasteiger partial charge in [-0.15, -0.1) is 0 Å². The SMILES string of the molecule is CCOC(=O)C=Cc1cc(F)c(F)cc1F. The van der Waals surface area contributed by atoms with E-state index in [9.17, 15) is 18.0 Å². The Balaban J connectivity index is 2.89. The highest BCUT2D eigenvalue weighted by Gasteiger charge is 2.07. The summed E-state index contributed by atoms with van der Waals surface area (Å²) < 4.78 is 42.9. The van der Waals surface area contributed by atoms with Crippen molar-refractivity contribution in [1.29, 1.82) is 0 Å². The van der Waals surface area contributed by atoms with Crippen molar-refractivity contribution >= 4 is 12.0 Å². The van der Waals surface area contributed by atoms with Crippen molar-refractivity contribution in [2.75, 3.05) is 6.61 Å². The van der Waals surface area contributed by atoms with Gasteiger partial charge in [-0.25, -0.2) is 18.0 Å². The van der Waals surface area contributed by atoms with Gasteiger partial charge in [0.15, 0.2) is 11.6 Å². The first-order valence-corrected chi connectivity index (χ1v) is 4.54. The summed E-state index contributed by atoms with van der Waals surface area (Å²) in [6.07, 6.45) is 1.97. The molecule has 0 aromatic heterocycles.